The second-order valence-electron chi connectivity index (χ2n) is 4.61. The van der Waals surface area contributed by atoms with E-state index in [2.05, 4.69) is 15.3 Å². The first-order chi connectivity index (χ1) is 11.2. The Morgan fingerprint density at radius 3 is 2.54 bits per heavy atom. The molecule has 2 aromatic rings. The Balaban J connectivity index is 1.95. The molecule has 0 aromatic carbocycles. The van der Waals surface area contributed by atoms with Gasteiger partial charge >= 0.3 is 6.18 Å². The number of anilines is 1. The zero-order valence-electron chi connectivity index (χ0n) is 12.1. The maximum absolute atomic E-state index is 12.4. The molecule has 0 fully saturated rings. The maximum Gasteiger partial charge on any atom is 0.417 e. The summed E-state index contributed by atoms with van der Waals surface area (Å²) in [5.74, 6) is -0.305. The topological polar surface area (TPSA) is 54.9 Å². The first-order valence-corrected chi connectivity index (χ1v) is 8.19. The van der Waals surface area contributed by atoms with E-state index in [1.54, 1.807) is 6.92 Å². The summed E-state index contributed by atoms with van der Waals surface area (Å²) in [7, 11) is 0. The molecule has 0 radical (unpaired) electrons. The number of thioether (sulfide) groups is 1. The lowest BCUT2D eigenvalue weighted by Gasteiger charge is -2.09. The predicted octanol–water partition coefficient (Wildman–Crippen LogP) is 4.84. The minimum Gasteiger partial charge on any atom is -0.309 e. The van der Waals surface area contributed by atoms with E-state index in [-0.39, 0.29) is 16.6 Å². The smallest absolute Gasteiger partial charge is 0.309 e. The minimum atomic E-state index is -4.44. The standard InChI is InChI=1S/C14H10Cl2F3N3OS/c1-7-9(15)5-21-13(12(7)16)22-10(23)6-24-11-3-2-8(4-20-11)14(17,18)19/h2-5H,6H2,1H3,(H,21,22,23). The van der Waals surface area contributed by atoms with Crippen molar-refractivity contribution < 1.29 is 18.0 Å². The molecule has 0 spiro atoms. The normalized spacial score (nSPS) is 11.4. The van der Waals surface area contributed by atoms with Crippen molar-refractivity contribution in [1.29, 1.82) is 0 Å². The number of hydrogen-bond acceptors (Lipinski definition) is 4. The Labute approximate surface area is 149 Å². The van der Waals surface area contributed by atoms with E-state index < -0.39 is 17.6 Å². The van der Waals surface area contributed by atoms with Gasteiger partial charge in [0.05, 0.1) is 26.4 Å². The minimum absolute atomic E-state index is 0.0575. The van der Waals surface area contributed by atoms with Gasteiger partial charge in [-0.15, -0.1) is 0 Å². The molecule has 0 aliphatic heterocycles. The fourth-order valence-electron chi connectivity index (χ4n) is 1.59. The number of nitrogens with one attached hydrogen (secondary N) is 1. The van der Waals surface area contributed by atoms with E-state index in [1.807, 2.05) is 0 Å². The van der Waals surface area contributed by atoms with Crippen molar-refractivity contribution in [3.8, 4) is 0 Å². The van der Waals surface area contributed by atoms with Crippen molar-refractivity contribution in [3.05, 3.63) is 45.7 Å². The van der Waals surface area contributed by atoms with Gasteiger partial charge in [-0.25, -0.2) is 9.97 Å². The van der Waals surface area contributed by atoms with Crippen LogP contribution in [0.2, 0.25) is 10.0 Å². The second-order valence-corrected chi connectivity index (χ2v) is 6.39. The summed E-state index contributed by atoms with van der Waals surface area (Å²) in [5, 5.41) is 3.42. The van der Waals surface area contributed by atoms with Gasteiger partial charge in [0.1, 0.15) is 0 Å². The number of halogens is 5. The summed E-state index contributed by atoms with van der Waals surface area (Å²) in [6.45, 7) is 1.68. The van der Waals surface area contributed by atoms with Crippen molar-refractivity contribution in [1.82, 2.24) is 9.97 Å². The molecule has 0 aliphatic carbocycles. The maximum atomic E-state index is 12.4. The van der Waals surface area contributed by atoms with Gasteiger partial charge in [-0.2, -0.15) is 13.2 Å². The number of nitrogens with zero attached hydrogens (tertiary/aromatic N) is 2. The molecule has 10 heteroatoms. The van der Waals surface area contributed by atoms with Crippen LogP contribution >= 0.6 is 35.0 Å². The van der Waals surface area contributed by atoms with Crippen molar-refractivity contribution in [2.45, 2.75) is 18.1 Å². The van der Waals surface area contributed by atoms with Gasteiger partial charge in [0, 0.05) is 12.4 Å². The zero-order valence-corrected chi connectivity index (χ0v) is 14.4. The van der Waals surface area contributed by atoms with Gasteiger partial charge < -0.3 is 5.32 Å². The van der Waals surface area contributed by atoms with E-state index in [1.165, 1.54) is 12.3 Å². The highest BCUT2D eigenvalue weighted by Gasteiger charge is 2.30. The molecule has 2 aromatic heterocycles. The van der Waals surface area contributed by atoms with E-state index in [4.69, 9.17) is 23.2 Å². The van der Waals surface area contributed by atoms with Crippen LogP contribution in [0, 0.1) is 6.92 Å². The van der Waals surface area contributed by atoms with Crippen molar-refractivity contribution >= 4 is 46.7 Å². The first kappa shape index (κ1) is 18.8. The fraction of sp³-hybridized carbons (Fsp3) is 0.214. The summed E-state index contributed by atoms with van der Waals surface area (Å²) >= 11 is 12.9. The molecular weight excluding hydrogens is 386 g/mol. The molecule has 24 heavy (non-hydrogen) atoms. The lowest BCUT2D eigenvalue weighted by atomic mass is 10.3. The Morgan fingerprint density at radius 2 is 1.96 bits per heavy atom. The highest BCUT2D eigenvalue weighted by Crippen LogP contribution is 2.30. The third-order valence-electron chi connectivity index (χ3n) is 2.88. The van der Waals surface area contributed by atoms with Gasteiger partial charge in [0.2, 0.25) is 5.91 Å². The lowest BCUT2D eigenvalue weighted by Crippen LogP contribution is -2.15. The molecule has 0 atom stereocenters. The van der Waals surface area contributed by atoms with Gasteiger partial charge in [-0.3, -0.25) is 4.79 Å². The van der Waals surface area contributed by atoms with Crippen LogP contribution in [0.25, 0.3) is 0 Å². The number of pyridine rings is 2. The predicted molar refractivity (Wildman–Crippen MR) is 87.6 cm³/mol. The fourth-order valence-corrected chi connectivity index (χ4v) is 2.62. The van der Waals surface area contributed by atoms with Crippen LogP contribution in [-0.2, 0) is 11.0 Å². The number of aromatic nitrogens is 2. The first-order valence-electron chi connectivity index (χ1n) is 6.45. The molecule has 128 valence electrons. The molecule has 0 saturated carbocycles. The van der Waals surface area contributed by atoms with Gasteiger partial charge in [-0.05, 0) is 24.6 Å². The summed E-state index contributed by atoms with van der Waals surface area (Å²) in [6.07, 6.45) is -2.35. The van der Waals surface area contributed by atoms with Crippen LogP contribution in [0.1, 0.15) is 11.1 Å². The third-order valence-corrected chi connectivity index (χ3v) is 4.66. The molecule has 0 aliphatic rings. The highest BCUT2D eigenvalue weighted by atomic mass is 35.5. The van der Waals surface area contributed by atoms with Crippen LogP contribution in [0.5, 0.6) is 0 Å². The average Bonchev–Trinajstić information content (AvgIpc) is 2.53. The summed E-state index contributed by atoms with van der Waals surface area (Å²) in [6, 6.07) is 2.12. The number of carbonyl (C=O) groups is 1. The number of hydrogen-bond donors (Lipinski definition) is 1. The zero-order chi connectivity index (χ0) is 17.9. The number of alkyl halides is 3. The molecule has 2 heterocycles. The molecular formula is C14H10Cl2F3N3OS. The summed E-state index contributed by atoms with van der Waals surface area (Å²) in [4.78, 5) is 19.5. The molecule has 0 saturated heterocycles. The monoisotopic (exact) mass is 395 g/mol. The van der Waals surface area contributed by atoms with Crippen LogP contribution in [0.15, 0.2) is 29.6 Å². The van der Waals surface area contributed by atoms with Gasteiger partial charge in [0.15, 0.2) is 5.82 Å². The van der Waals surface area contributed by atoms with E-state index in [0.29, 0.717) is 15.6 Å². The SMILES string of the molecule is Cc1c(Cl)cnc(NC(=O)CSc2ccc(C(F)(F)F)cn2)c1Cl. The Kier molecular flexibility index (Phi) is 5.95. The van der Waals surface area contributed by atoms with Crippen molar-refractivity contribution in [3.63, 3.8) is 0 Å². The lowest BCUT2D eigenvalue weighted by molar-refractivity contribution is -0.137. The van der Waals surface area contributed by atoms with E-state index in [9.17, 15) is 18.0 Å². The average molecular weight is 396 g/mol. The summed E-state index contributed by atoms with van der Waals surface area (Å²) < 4.78 is 37.3. The highest BCUT2D eigenvalue weighted by molar-refractivity contribution is 7.99. The van der Waals surface area contributed by atoms with Crippen molar-refractivity contribution in [2.24, 2.45) is 0 Å². The molecule has 1 N–H and O–H groups in total. The Morgan fingerprint density at radius 1 is 1.25 bits per heavy atom. The molecule has 4 nitrogen and oxygen atoms in total. The molecule has 0 unspecified atom stereocenters. The Hall–Kier alpha value is -1.51. The van der Waals surface area contributed by atoms with Crippen LogP contribution in [0.4, 0.5) is 19.0 Å². The number of carbonyl (C=O) groups excluding carboxylic acids is 1. The third kappa shape index (κ3) is 4.75. The number of rotatable bonds is 4. The van der Waals surface area contributed by atoms with Crippen LogP contribution in [0.3, 0.4) is 0 Å². The van der Waals surface area contributed by atoms with Gasteiger partial charge in [0.25, 0.3) is 0 Å². The largest absolute Gasteiger partial charge is 0.417 e. The quantitative estimate of drug-likeness (QED) is 0.752. The number of amides is 1. The summed E-state index contributed by atoms with van der Waals surface area (Å²) in [5.41, 5.74) is -0.260. The molecule has 1 amide bonds. The van der Waals surface area contributed by atoms with Crippen LogP contribution < -0.4 is 5.32 Å². The second kappa shape index (κ2) is 7.58. The Bertz CT molecular complexity index is 754. The van der Waals surface area contributed by atoms with Crippen LogP contribution in [-0.4, -0.2) is 21.6 Å². The van der Waals surface area contributed by atoms with E-state index in [0.717, 1.165) is 24.0 Å². The van der Waals surface area contributed by atoms with E-state index >= 15 is 0 Å². The molecule has 0 bridgehead atoms. The molecule has 2 rings (SSSR count). The van der Waals surface area contributed by atoms with Gasteiger partial charge in [-0.1, -0.05) is 35.0 Å². The van der Waals surface area contributed by atoms with Crippen molar-refractivity contribution in [2.75, 3.05) is 11.1 Å².